The number of nitrogens with two attached hydrogens (primary N) is 1. The zero-order valence-electron chi connectivity index (χ0n) is 30.7. The molecule has 16 nitrogen and oxygen atoms in total. The molecule has 7 rings (SSSR count). The van der Waals surface area contributed by atoms with Crippen molar-refractivity contribution < 1.29 is 35.5 Å². The minimum atomic E-state index is -5.07. The molecule has 0 spiro atoms. The lowest BCUT2D eigenvalue weighted by Gasteiger charge is -2.20. The Balaban J connectivity index is 1.08. The van der Waals surface area contributed by atoms with Gasteiger partial charge in [-0.3, -0.25) is 29.5 Å². The molecule has 0 aromatic heterocycles. The molecule has 0 unspecified atom stereocenters. The number of nitrogens with one attached hydrogen (secondary N) is 3. The van der Waals surface area contributed by atoms with E-state index in [1.165, 1.54) is 6.08 Å². The number of rotatable bonds is 11. The molecular weight excluding hydrogens is 797 g/mol. The minimum absolute atomic E-state index is 0.236. The second kappa shape index (κ2) is 16.2. The van der Waals surface area contributed by atoms with Crippen LogP contribution in [-0.4, -0.2) is 48.9 Å². The molecule has 0 saturated carbocycles. The van der Waals surface area contributed by atoms with Crippen molar-refractivity contribution >= 4 is 83.4 Å². The van der Waals surface area contributed by atoms with E-state index in [0.717, 1.165) is 34.5 Å². The highest BCUT2D eigenvalue weighted by atomic mass is 32.2. The van der Waals surface area contributed by atoms with Gasteiger partial charge in [-0.25, -0.2) is 0 Å². The predicted molar refractivity (Wildman–Crippen MR) is 226 cm³/mol. The second-order valence-corrected chi connectivity index (χ2v) is 15.8. The maximum Gasteiger partial charge on any atom is 0.296 e. The van der Waals surface area contributed by atoms with E-state index in [2.05, 4.69) is 36.6 Å². The first kappa shape index (κ1) is 39.8. The Morgan fingerprint density at radius 1 is 0.678 bits per heavy atom. The summed E-state index contributed by atoms with van der Waals surface area (Å²) in [7, 11) is -10.1. The number of hydrogen-bond acceptors (Lipinski definition) is 14. The van der Waals surface area contributed by atoms with E-state index in [1.54, 1.807) is 78.9 Å². The van der Waals surface area contributed by atoms with Crippen molar-refractivity contribution in [3.63, 3.8) is 0 Å². The summed E-state index contributed by atoms with van der Waals surface area (Å²) in [4.78, 5) is 24.6. The van der Waals surface area contributed by atoms with Gasteiger partial charge in [0.2, 0.25) is 11.6 Å². The van der Waals surface area contributed by atoms with Crippen LogP contribution in [0.1, 0.15) is 21.5 Å². The largest absolute Gasteiger partial charge is 0.396 e. The highest BCUT2D eigenvalue weighted by Crippen LogP contribution is 2.41. The summed E-state index contributed by atoms with van der Waals surface area (Å²) in [6.45, 7) is 1.97. The second-order valence-electron chi connectivity index (χ2n) is 13.0. The number of nitrogens with zero attached hydrogens (tertiary/aromatic N) is 4. The number of carbonyl (C=O) groups excluding carboxylic acids is 2. The Morgan fingerprint density at radius 3 is 1.95 bits per heavy atom. The molecule has 0 aliphatic heterocycles. The average molecular weight is 829 g/mol. The quantitative estimate of drug-likeness (QED) is 0.0246. The third-order valence-electron chi connectivity index (χ3n) is 8.96. The molecule has 0 heterocycles. The molecule has 0 saturated heterocycles. The number of benzene rings is 5. The Bertz CT molecular complexity index is 2940. The van der Waals surface area contributed by atoms with Crippen LogP contribution in [0.15, 0.2) is 163 Å². The predicted octanol–water partition coefficient (Wildman–Crippen LogP) is 7.70. The van der Waals surface area contributed by atoms with Crippen LogP contribution in [0.5, 0.6) is 0 Å². The van der Waals surface area contributed by atoms with E-state index < -0.39 is 52.9 Å². The van der Waals surface area contributed by atoms with Crippen LogP contribution in [0.3, 0.4) is 0 Å². The molecule has 0 amide bonds. The SMILES string of the molecule is Cc1ccccc1NC1=CC(=O)/C(=N/Nc2ccc(-c3ccc(N=Nc4c(S(=O)(=O)O)cc5c(c4N)C(=O)/C(=N/Nc4ccccc4)C(S(=O)(=O)O)=C5)cc3)cc2)C=C1. The Labute approximate surface area is 337 Å². The van der Waals surface area contributed by atoms with Crippen LogP contribution in [0, 0.1) is 6.92 Å². The monoisotopic (exact) mass is 828 g/mol. The van der Waals surface area contributed by atoms with Crippen molar-refractivity contribution in [1.82, 2.24) is 0 Å². The number of ketones is 2. The zero-order valence-corrected chi connectivity index (χ0v) is 32.4. The van der Waals surface area contributed by atoms with Crippen LogP contribution in [0.2, 0.25) is 0 Å². The number of Topliss-reactive ketones (excluding diaryl/α,β-unsaturated/α-hetero) is 1. The zero-order chi connectivity index (χ0) is 41.9. The van der Waals surface area contributed by atoms with Crippen molar-refractivity contribution in [3.8, 4) is 11.1 Å². The number of aryl methyl sites for hydroxylation is 1. The molecule has 0 radical (unpaired) electrons. The van der Waals surface area contributed by atoms with Gasteiger partial charge in [-0.05, 0) is 95.9 Å². The van der Waals surface area contributed by atoms with Crippen molar-refractivity contribution in [1.29, 1.82) is 0 Å². The lowest BCUT2D eigenvalue weighted by Crippen LogP contribution is -2.28. The molecule has 2 aliphatic carbocycles. The Hall–Kier alpha value is -7.38. The standard InChI is InChI=1S/C41H32N8O8S2/c1-24-7-5-6-10-32(24)43-31-19-20-33(34(50)23-31)47-44-29-15-11-25(12-16-29)26-13-17-30(18-14-26)46-48-39-35(58(52,53)54)21-27-22-36(59(55,56)57)40(41(51)37(27)38(39)42)49-45-28-8-3-2-4-9-28/h2-23,43-45H,42H2,1H3,(H,52,53,54)(H,55,56,57)/b47-33+,48-46?,49-40+. The van der Waals surface area contributed by atoms with Crippen LogP contribution in [0.25, 0.3) is 17.2 Å². The summed E-state index contributed by atoms with van der Waals surface area (Å²) in [5.41, 5.74) is 14.8. The van der Waals surface area contributed by atoms with Crippen molar-refractivity contribution in [2.24, 2.45) is 20.4 Å². The minimum Gasteiger partial charge on any atom is -0.396 e. The number of fused-ring (bicyclic) bond motifs is 1. The van der Waals surface area contributed by atoms with Crippen LogP contribution in [0.4, 0.5) is 34.1 Å². The molecule has 0 fully saturated rings. The van der Waals surface area contributed by atoms with E-state index in [0.29, 0.717) is 17.1 Å². The molecule has 5 aromatic carbocycles. The fraction of sp³-hybridized carbons (Fsp3) is 0.0244. The van der Waals surface area contributed by atoms with Gasteiger partial charge in [0, 0.05) is 17.5 Å². The van der Waals surface area contributed by atoms with Gasteiger partial charge in [-0.15, -0.1) is 5.11 Å². The third kappa shape index (κ3) is 8.95. The maximum atomic E-state index is 13.7. The fourth-order valence-electron chi connectivity index (χ4n) is 5.97. The molecule has 2 aliphatic rings. The van der Waals surface area contributed by atoms with Gasteiger partial charge in [0.25, 0.3) is 20.2 Å². The number of anilines is 4. The Kier molecular flexibility index (Phi) is 11.0. The van der Waals surface area contributed by atoms with Crippen LogP contribution >= 0.6 is 0 Å². The average Bonchev–Trinajstić information content (AvgIpc) is 3.20. The topological polar surface area (TPSA) is 254 Å². The number of nitrogen functional groups attached to an aromatic ring is 1. The number of azo groups is 1. The summed E-state index contributed by atoms with van der Waals surface area (Å²) < 4.78 is 69.6. The Morgan fingerprint density at radius 2 is 1.31 bits per heavy atom. The molecular formula is C41H32N8O8S2. The summed E-state index contributed by atoms with van der Waals surface area (Å²) in [6, 6.07) is 30.6. The van der Waals surface area contributed by atoms with Gasteiger partial charge in [0.1, 0.15) is 21.2 Å². The summed E-state index contributed by atoms with van der Waals surface area (Å²) in [5, 5.41) is 19.5. The van der Waals surface area contributed by atoms with Gasteiger partial charge < -0.3 is 11.1 Å². The van der Waals surface area contributed by atoms with Gasteiger partial charge in [0.05, 0.1) is 28.3 Å². The first-order valence-electron chi connectivity index (χ1n) is 17.5. The van der Waals surface area contributed by atoms with Crippen molar-refractivity contribution in [2.45, 2.75) is 11.8 Å². The first-order chi connectivity index (χ1) is 28.2. The van der Waals surface area contributed by atoms with Gasteiger partial charge >= 0.3 is 0 Å². The molecule has 0 bridgehead atoms. The third-order valence-corrected chi connectivity index (χ3v) is 10.7. The van der Waals surface area contributed by atoms with Crippen molar-refractivity contribution in [2.75, 3.05) is 21.9 Å². The molecule has 7 N–H and O–H groups in total. The molecule has 18 heteroatoms. The molecule has 0 atom stereocenters. The number of allylic oxidation sites excluding steroid dienone is 4. The van der Waals surface area contributed by atoms with Gasteiger partial charge in [-0.1, -0.05) is 60.7 Å². The van der Waals surface area contributed by atoms with E-state index in [4.69, 9.17) is 5.73 Å². The van der Waals surface area contributed by atoms with Crippen LogP contribution < -0.4 is 21.9 Å². The summed E-state index contributed by atoms with van der Waals surface area (Å²) >= 11 is 0. The molecule has 59 heavy (non-hydrogen) atoms. The van der Waals surface area contributed by atoms with Crippen LogP contribution in [-0.2, 0) is 25.0 Å². The highest BCUT2D eigenvalue weighted by Gasteiger charge is 2.37. The van der Waals surface area contributed by atoms with E-state index in [-0.39, 0.29) is 28.3 Å². The maximum absolute atomic E-state index is 13.7. The van der Waals surface area contributed by atoms with Gasteiger partial charge in [-0.2, -0.15) is 32.2 Å². The molecule has 296 valence electrons. The molecule has 5 aromatic rings. The number of hydrogen-bond donors (Lipinski definition) is 6. The lowest BCUT2D eigenvalue weighted by molar-refractivity contribution is -0.108. The smallest absolute Gasteiger partial charge is 0.296 e. The normalized spacial score (nSPS) is 15.6. The summed E-state index contributed by atoms with van der Waals surface area (Å²) in [5.74, 6) is -1.34. The highest BCUT2D eigenvalue weighted by molar-refractivity contribution is 7.91. The number of para-hydroxylation sites is 2. The van der Waals surface area contributed by atoms with E-state index in [9.17, 15) is 35.5 Å². The summed E-state index contributed by atoms with van der Waals surface area (Å²) in [6.07, 6.45) is 5.69. The fourth-order valence-corrected chi connectivity index (χ4v) is 7.30. The van der Waals surface area contributed by atoms with Gasteiger partial charge in [0.15, 0.2) is 5.71 Å². The number of hydrazone groups is 2. The number of carbonyl (C=O) groups is 2. The first-order valence-corrected chi connectivity index (χ1v) is 20.3. The van der Waals surface area contributed by atoms with Crippen molar-refractivity contribution in [3.05, 3.63) is 155 Å². The van der Waals surface area contributed by atoms with E-state index in [1.807, 2.05) is 43.3 Å². The van der Waals surface area contributed by atoms with E-state index >= 15 is 0 Å². The lowest BCUT2D eigenvalue weighted by atomic mass is 9.92.